The van der Waals surface area contributed by atoms with E-state index in [4.69, 9.17) is 10.8 Å². The minimum Gasteiger partial charge on any atom is -0.394 e. The van der Waals surface area contributed by atoms with Crippen LogP contribution in [0.2, 0.25) is 0 Å². The zero-order chi connectivity index (χ0) is 10.2. The molecular formula is C8H11FN4O. The first-order valence-electron chi connectivity index (χ1n) is 4.32. The molecule has 0 radical (unpaired) electrons. The fourth-order valence-electron chi connectivity index (χ4n) is 1.19. The van der Waals surface area contributed by atoms with Crippen LogP contribution >= 0.6 is 0 Å². The summed E-state index contributed by atoms with van der Waals surface area (Å²) in [5.74, 6) is -0.481. The molecule has 1 saturated carbocycles. The van der Waals surface area contributed by atoms with Gasteiger partial charge in [0.25, 0.3) is 0 Å². The number of nitrogens with zero attached hydrogens (tertiary/aromatic N) is 2. The molecule has 14 heavy (non-hydrogen) atoms. The molecule has 0 atom stereocenters. The van der Waals surface area contributed by atoms with Gasteiger partial charge in [-0.15, -0.1) is 0 Å². The van der Waals surface area contributed by atoms with Crippen molar-refractivity contribution in [2.45, 2.75) is 18.4 Å². The van der Waals surface area contributed by atoms with E-state index in [1.807, 2.05) is 0 Å². The zero-order valence-electron chi connectivity index (χ0n) is 7.50. The molecule has 1 fully saturated rings. The van der Waals surface area contributed by atoms with Crippen molar-refractivity contribution in [1.29, 1.82) is 0 Å². The van der Waals surface area contributed by atoms with E-state index >= 15 is 0 Å². The Morgan fingerprint density at radius 3 is 2.93 bits per heavy atom. The maximum Gasteiger partial charge on any atom is 0.222 e. The molecule has 1 aromatic heterocycles. The number of nitrogens with two attached hydrogens (primary N) is 1. The summed E-state index contributed by atoms with van der Waals surface area (Å²) >= 11 is 0. The molecule has 4 N–H and O–H groups in total. The Morgan fingerprint density at radius 2 is 2.36 bits per heavy atom. The third-order valence-corrected chi connectivity index (χ3v) is 2.30. The molecule has 0 amide bonds. The van der Waals surface area contributed by atoms with E-state index in [1.54, 1.807) is 0 Å². The summed E-state index contributed by atoms with van der Waals surface area (Å²) in [4.78, 5) is 7.22. The normalized spacial score (nSPS) is 17.9. The number of hydrogen-bond acceptors (Lipinski definition) is 5. The molecule has 1 aliphatic rings. The minimum absolute atomic E-state index is 0.0163. The third kappa shape index (κ3) is 1.60. The van der Waals surface area contributed by atoms with Gasteiger partial charge in [-0.25, -0.2) is 9.37 Å². The summed E-state index contributed by atoms with van der Waals surface area (Å²) in [6.07, 6.45) is 2.64. The maximum absolute atomic E-state index is 13.1. The number of aliphatic hydroxyl groups is 1. The van der Waals surface area contributed by atoms with E-state index in [-0.39, 0.29) is 18.4 Å². The van der Waals surface area contributed by atoms with Gasteiger partial charge >= 0.3 is 0 Å². The third-order valence-electron chi connectivity index (χ3n) is 2.30. The van der Waals surface area contributed by atoms with Gasteiger partial charge in [-0.05, 0) is 12.8 Å². The summed E-state index contributed by atoms with van der Waals surface area (Å²) in [5.41, 5.74) is 4.92. The largest absolute Gasteiger partial charge is 0.394 e. The minimum atomic E-state index is -0.557. The highest BCUT2D eigenvalue weighted by Gasteiger charge is 2.42. The number of hydrogen-bond donors (Lipinski definition) is 3. The molecule has 0 aliphatic heterocycles. The maximum atomic E-state index is 13.1. The van der Waals surface area contributed by atoms with Crippen LogP contribution in [0.1, 0.15) is 12.8 Å². The van der Waals surface area contributed by atoms with Crippen LogP contribution in [0, 0.1) is 5.82 Å². The van der Waals surface area contributed by atoms with Crippen molar-refractivity contribution < 1.29 is 9.50 Å². The molecule has 1 aromatic rings. The molecule has 1 heterocycles. The van der Waals surface area contributed by atoms with Crippen molar-refractivity contribution in [2.75, 3.05) is 17.7 Å². The van der Waals surface area contributed by atoms with E-state index in [2.05, 4.69) is 15.3 Å². The van der Waals surface area contributed by atoms with Crippen molar-refractivity contribution >= 4 is 11.8 Å². The van der Waals surface area contributed by atoms with Crippen LogP contribution in [0.25, 0.3) is 0 Å². The van der Waals surface area contributed by atoms with Crippen LogP contribution in [0.3, 0.4) is 0 Å². The Hall–Kier alpha value is -1.43. The standard InChI is InChI=1S/C8H11FN4O/c9-5-3-11-7(10)12-6(5)13-8(4-14)1-2-8/h3,14H,1-2,4H2,(H3,10,11,12,13). The Morgan fingerprint density at radius 1 is 1.64 bits per heavy atom. The zero-order valence-corrected chi connectivity index (χ0v) is 7.50. The molecule has 0 unspecified atom stereocenters. The number of aromatic nitrogens is 2. The van der Waals surface area contributed by atoms with Gasteiger partial charge in [0.15, 0.2) is 11.6 Å². The fraction of sp³-hybridized carbons (Fsp3) is 0.500. The van der Waals surface area contributed by atoms with Gasteiger partial charge in [-0.3, -0.25) is 0 Å². The summed E-state index contributed by atoms with van der Waals surface area (Å²) in [6.45, 7) is -0.0314. The summed E-state index contributed by atoms with van der Waals surface area (Å²) in [7, 11) is 0. The second-order valence-corrected chi connectivity index (χ2v) is 3.49. The summed E-state index contributed by atoms with van der Waals surface area (Å²) in [6, 6.07) is 0. The fourth-order valence-corrected chi connectivity index (χ4v) is 1.19. The second-order valence-electron chi connectivity index (χ2n) is 3.49. The van der Waals surface area contributed by atoms with Gasteiger partial charge in [-0.2, -0.15) is 4.98 Å². The SMILES string of the molecule is Nc1ncc(F)c(NC2(CO)CC2)n1. The Balaban J connectivity index is 2.20. The Kier molecular flexibility index (Phi) is 1.99. The molecule has 0 spiro atoms. The lowest BCUT2D eigenvalue weighted by Crippen LogP contribution is -2.27. The topological polar surface area (TPSA) is 84.1 Å². The predicted molar refractivity (Wildman–Crippen MR) is 49.1 cm³/mol. The van der Waals surface area contributed by atoms with Gasteiger partial charge in [0.1, 0.15) is 0 Å². The molecular weight excluding hydrogens is 187 g/mol. The first-order valence-corrected chi connectivity index (χ1v) is 4.32. The van der Waals surface area contributed by atoms with Gasteiger partial charge in [0, 0.05) is 0 Å². The summed E-state index contributed by atoms with van der Waals surface area (Å²) < 4.78 is 13.1. The molecule has 0 saturated heterocycles. The molecule has 6 heteroatoms. The number of nitrogen functional groups attached to an aromatic ring is 1. The number of halogens is 1. The number of nitrogens with one attached hydrogen (secondary N) is 1. The molecule has 5 nitrogen and oxygen atoms in total. The lowest BCUT2D eigenvalue weighted by molar-refractivity contribution is 0.265. The summed E-state index contributed by atoms with van der Waals surface area (Å²) in [5, 5.41) is 11.9. The van der Waals surface area contributed by atoms with Crippen LogP contribution in [0.15, 0.2) is 6.20 Å². The molecule has 76 valence electrons. The van der Waals surface area contributed by atoms with Crippen molar-refractivity contribution in [1.82, 2.24) is 9.97 Å². The highest BCUT2D eigenvalue weighted by atomic mass is 19.1. The predicted octanol–water partition coefficient (Wildman–Crippen LogP) is 0.135. The van der Waals surface area contributed by atoms with E-state index in [0.717, 1.165) is 19.0 Å². The van der Waals surface area contributed by atoms with Crippen molar-refractivity contribution in [2.24, 2.45) is 0 Å². The Labute approximate surface area is 80.2 Å². The molecule has 0 aromatic carbocycles. The average molecular weight is 198 g/mol. The van der Waals surface area contributed by atoms with Gasteiger partial charge in [0.05, 0.1) is 18.3 Å². The van der Waals surface area contributed by atoms with E-state index in [1.165, 1.54) is 0 Å². The van der Waals surface area contributed by atoms with Crippen molar-refractivity contribution in [3.05, 3.63) is 12.0 Å². The van der Waals surface area contributed by atoms with Gasteiger partial charge < -0.3 is 16.2 Å². The van der Waals surface area contributed by atoms with E-state index in [0.29, 0.717) is 0 Å². The van der Waals surface area contributed by atoms with Gasteiger partial charge in [-0.1, -0.05) is 0 Å². The molecule has 1 aliphatic carbocycles. The first kappa shape index (κ1) is 9.14. The highest BCUT2D eigenvalue weighted by Crippen LogP contribution is 2.38. The Bertz CT molecular complexity index is 353. The molecule has 2 rings (SSSR count). The van der Waals surface area contributed by atoms with Crippen molar-refractivity contribution in [3.63, 3.8) is 0 Å². The number of anilines is 2. The smallest absolute Gasteiger partial charge is 0.222 e. The van der Waals surface area contributed by atoms with Crippen LogP contribution in [0.4, 0.5) is 16.2 Å². The van der Waals surface area contributed by atoms with E-state index in [9.17, 15) is 4.39 Å². The van der Waals surface area contributed by atoms with Crippen LogP contribution in [0.5, 0.6) is 0 Å². The lowest BCUT2D eigenvalue weighted by Gasteiger charge is -2.15. The number of rotatable bonds is 3. The number of aliphatic hydroxyl groups excluding tert-OH is 1. The van der Waals surface area contributed by atoms with Crippen LogP contribution in [-0.4, -0.2) is 27.2 Å². The average Bonchev–Trinajstić information content (AvgIpc) is 2.92. The first-order chi connectivity index (χ1) is 6.65. The second kappa shape index (κ2) is 3.06. The monoisotopic (exact) mass is 198 g/mol. The molecule has 0 bridgehead atoms. The van der Waals surface area contributed by atoms with Gasteiger partial charge in [0.2, 0.25) is 5.95 Å². The highest BCUT2D eigenvalue weighted by molar-refractivity contribution is 5.43. The lowest BCUT2D eigenvalue weighted by atomic mass is 10.3. The van der Waals surface area contributed by atoms with Crippen molar-refractivity contribution in [3.8, 4) is 0 Å². The van der Waals surface area contributed by atoms with Crippen LogP contribution < -0.4 is 11.1 Å². The van der Waals surface area contributed by atoms with E-state index < -0.39 is 11.4 Å². The quantitative estimate of drug-likeness (QED) is 0.643. The van der Waals surface area contributed by atoms with Crippen LogP contribution in [-0.2, 0) is 0 Å².